The lowest BCUT2D eigenvalue weighted by atomic mass is 10.1. The standard InChI is InChI=1S/C23H23N3O5/c1-15(2)31-23(29)17-4-8-18(9-5-17)24-21(27)14-26-22(28)13-12-20(25-26)16-6-10-19(30-3)11-7-16/h4-13,15H,14H2,1-3H3,(H,24,27). The first-order chi connectivity index (χ1) is 14.9. The van der Waals surface area contributed by atoms with E-state index in [1.54, 1.807) is 63.4 Å². The fraction of sp³-hybridized carbons (Fsp3) is 0.217. The SMILES string of the molecule is COc1ccc(-c2ccc(=O)n(CC(=O)Nc3ccc(C(=O)OC(C)C)cc3)n2)cc1. The lowest BCUT2D eigenvalue weighted by Gasteiger charge is -2.10. The number of amides is 1. The van der Waals surface area contributed by atoms with Gasteiger partial charge in [0.2, 0.25) is 5.91 Å². The zero-order chi connectivity index (χ0) is 22.4. The molecule has 3 rings (SSSR count). The van der Waals surface area contributed by atoms with Gasteiger partial charge in [-0.05, 0) is 68.4 Å². The highest BCUT2D eigenvalue weighted by Crippen LogP contribution is 2.19. The van der Waals surface area contributed by atoms with Crippen LogP contribution < -0.4 is 15.6 Å². The maximum atomic E-state index is 12.4. The van der Waals surface area contributed by atoms with Crippen LogP contribution in [-0.2, 0) is 16.1 Å². The zero-order valence-electron chi connectivity index (χ0n) is 17.5. The number of carbonyl (C=O) groups excluding carboxylic acids is 2. The molecule has 8 heteroatoms. The number of esters is 1. The molecule has 0 saturated carbocycles. The van der Waals surface area contributed by atoms with Crippen molar-refractivity contribution in [3.8, 4) is 17.0 Å². The Bertz CT molecular complexity index is 1120. The molecule has 160 valence electrons. The Morgan fingerprint density at radius 1 is 1.00 bits per heavy atom. The van der Waals surface area contributed by atoms with Crippen molar-refractivity contribution in [2.75, 3.05) is 12.4 Å². The van der Waals surface area contributed by atoms with E-state index >= 15 is 0 Å². The molecule has 0 radical (unpaired) electrons. The van der Waals surface area contributed by atoms with Crippen molar-refractivity contribution in [2.24, 2.45) is 0 Å². The first-order valence-corrected chi connectivity index (χ1v) is 9.69. The maximum Gasteiger partial charge on any atom is 0.338 e. The van der Waals surface area contributed by atoms with E-state index in [2.05, 4.69) is 10.4 Å². The number of hydrogen-bond donors (Lipinski definition) is 1. The van der Waals surface area contributed by atoms with Crippen LogP contribution in [0.4, 0.5) is 5.69 Å². The van der Waals surface area contributed by atoms with E-state index in [-0.39, 0.29) is 18.2 Å². The Balaban J connectivity index is 1.68. The largest absolute Gasteiger partial charge is 0.497 e. The van der Waals surface area contributed by atoms with Gasteiger partial charge in [0.05, 0.1) is 24.5 Å². The van der Waals surface area contributed by atoms with E-state index in [0.717, 1.165) is 10.2 Å². The Kier molecular flexibility index (Phi) is 6.81. The summed E-state index contributed by atoms with van der Waals surface area (Å²) in [5.41, 5.74) is 1.84. The first-order valence-electron chi connectivity index (χ1n) is 9.69. The van der Waals surface area contributed by atoms with Crippen LogP contribution >= 0.6 is 0 Å². The third kappa shape index (κ3) is 5.79. The molecule has 0 aliphatic rings. The molecule has 8 nitrogen and oxygen atoms in total. The van der Waals surface area contributed by atoms with Gasteiger partial charge in [-0.2, -0.15) is 5.10 Å². The topological polar surface area (TPSA) is 99.5 Å². The van der Waals surface area contributed by atoms with Crippen molar-refractivity contribution >= 4 is 17.6 Å². The third-order valence-corrected chi connectivity index (χ3v) is 4.29. The van der Waals surface area contributed by atoms with Crippen LogP contribution in [0.25, 0.3) is 11.3 Å². The Labute approximate surface area is 179 Å². The number of nitrogens with one attached hydrogen (secondary N) is 1. The Hall–Kier alpha value is -3.94. The van der Waals surface area contributed by atoms with Crippen LogP contribution in [-0.4, -0.2) is 34.9 Å². The molecule has 0 unspecified atom stereocenters. The fourth-order valence-corrected chi connectivity index (χ4v) is 2.79. The summed E-state index contributed by atoms with van der Waals surface area (Å²) >= 11 is 0. The predicted molar refractivity (Wildman–Crippen MR) is 116 cm³/mol. The van der Waals surface area contributed by atoms with Crippen LogP contribution in [0.1, 0.15) is 24.2 Å². The molecule has 2 aromatic carbocycles. The summed E-state index contributed by atoms with van der Waals surface area (Å²) in [7, 11) is 1.58. The zero-order valence-corrected chi connectivity index (χ0v) is 17.5. The lowest BCUT2D eigenvalue weighted by molar-refractivity contribution is -0.117. The molecular formula is C23H23N3O5. The summed E-state index contributed by atoms with van der Waals surface area (Å²) in [6.45, 7) is 3.29. The molecule has 1 aromatic heterocycles. The third-order valence-electron chi connectivity index (χ3n) is 4.29. The van der Waals surface area contributed by atoms with E-state index in [1.807, 2.05) is 12.1 Å². The molecule has 0 atom stereocenters. The number of nitrogens with zero attached hydrogens (tertiary/aromatic N) is 2. The van der Waals surface area contributed by atoms with Crippen molar-refractivity contribution in [1.82, 2.24) is 9.78 Å². The van der Waals surface area contributed by atoms with E-state index in [1.165, 1.54) is 6.07 Å². The van der Waals surface area contributed by atoms with Crippen LogP contribution in [0.2, 0.25) is 0 Å². The normalized spacial score (nSPS) is 10.6. The van der Waals surface area contributed by atoms with Crippen LogP contribution in [0.3, 0.4) is 0 Å². The molecule has 0 aliphatic heterocycles. The van der Waals surface area contributed by atoms with E-state index in [0.29, 0.717) is 22.7 Å². The molecular weight excluding hydrogens is 398 g/mol. The highest BCUT2D eigenvalue weighted by Gasteiger charge is 2.11. The quantitative estimate of drug-likeness (QED) is 0.589. The molecule has 3 aromatic rings. The number of rotatable bonds is 7. The molecule has 1 N–H and O–H groups in total. The minimum Gasteiger partial charge on any atom is -0.497 e. The first kappa shape index (κ1) is 21.8. The fourth-order valence-electron chi connectivity index (χ4n) is 2.79. The highest BCUT2D eigenvalue weighted by molar-refractivity contribution is 5.93. The van der Waals surface area contributed by atoms with Gasteiger partial charge in [-0.15, -0.1) is 0 Å². The molecule has 31 heavy (non-hydrogen) atoms. The average Bonchev–Trinajstić information content (AvgIpc) is 2.75. The van der Waals surface area contributed by atoms with Crippen LogP contribution in [0.5, 0.6) is 5.75 Å². The second-order valence-corrected chi connectivity index (χ2v) is 7.02. The van der Waals surface area contributed by atoms with Gasteiger partial charge >= 0.3 is 5.97 Å². The number of hydrogen-bond acceptors (Lipinski definition) is 6. The van der Waals surface area contributed by atoms with Gasteiger partial charge in [0.25, 0.3) is 5.56 Å². The van der Waals surface area contributed by atoms with Crippen molar-refractivity contribution in [3.05, 3.63) is 76.6 Å². The summed E-state index contributed by atoms with van der Waals surface area (Å²) in [4.78, 5) is 36.4. The number of benzene rings is 2. The van der Waals surface area contributed by atoms with E-state index in [9.17, 15) is 14.4 Å². The van der Waals surface area contributed by atoms with E-state index < -0.39 is 11.9 Å². The summed E-state index contributed by atoms with van der Waals surface area (Å²) in [5.74, 6) is -0.141. The monoisotopic (exact) mass is 421 g/mol. The summed E-state index contributed by atoms with van der Waals surface area (Å²) in [6, 6.07) is 16.5. The molecule has 0 bridgehead atoms. The van der Waals surface area contributed by atoms with Crippen molar-refractivity contribution in [2.45, 2.75) is 26.5 Å². The molecule has 0 aliphatic carbocycles. The summed E-state index contributed by atoms with van der Waals surface area (Å²) in [6.07, 6.45) is -0.216. The van der Waals surface area contributed by atoms with Gasteiger partial charge in [-0.1, -0.05) is 0 Å². The minimum absolute atomic E-state index is 0.216. The Morgan fingerprint density at radius 3 is 2.29 bits per heavy atom. The molecule has 1 heterocycles. The lowest BCUT2D eigenvalue weighted by Crippen LogP contribution is -2.29. The van der Waals surface area contributed by atoms with Gasteiger partial charge in [0.15, 0.2) is 0 Å². The second kappa shape index (κ2) is 9.71. The number of carbonyl (C=O) groups is 2. The van der Waals surface area contributed by atoms with Crippen LogP contribution in [0, 0.1) is 0 Å². The smallest absolute Gasteiger partial charge is 0.338 e. The molecule has 0 fully saturated rings. The maximum absolute atomic E-state index is 12.4. The summed E-state index contributed by atoms with van der Waals surface area (Å²) in [5, 5.41) is 6.98. The highest BCUT2D eigenvalue weighted by atomic mass is 16.5. The minimum atomic E-state index is -0.432. The van der Waals surface area contributed by atoms with Crippen molar-refractivity contribution in [1.29, 1.82) is 0 Å². The van der Waals surface area contributed by atoms with Crippen molar-refractivity contribution < 1.29 is 19.1 Å². The number of ether oxygens (including phenoxy) is 2. The molecule has 0 saturated heterocycles. The molecule has 1 amide bonds. The summed E-state index contributed by atoms with van der Waals surface area (Å²) < 4.78 is 11.4. The number of anilines is 1. The predicted octanol–water partition coefficient (Wildman–Crippen LogP) is 3.12. The average molecular weight is 421 g/mol. The van der Waals surface area contributed by atoms with Gasteiger partial charge < -0.3 is 14.8 Å². The van der Waals surface area contributed by atoms with Gasteiger partial charge in [0.1, 0.15) is 12.3 Å². The van der Waals surface area contributed by atoms with Gasteiger partial charge in [-0.25, -0.2) is 9.48 Å². The Morgan fingerprint density at radius 2 is 1.68 bits per heavy atom. The van der Waals surface area contributed by atoms with Crippen LogP contribution in [0.15, 0.2) is 65.5 Å². The van der Waals surface area contributed by atoms with Crippen molar-refractivity contribution in [3.63, 3.8) is 0 Å². The number of methoxy groups -OCH3 is 1. The molecule has 0 spiro atoms. The number of aromatic nitrogens is 2. The van der Waals surface area contributed by atoms with E-state index in [4.69, 9.17) is 9.47 Å². The van der Waals surface area contributed by atoms with Gasteiger partial charge in [0, 0.05) is 17.3 Å². The second-order valence-electron chi connectivity index (χ2n) is 7.02. The van der Waals surface area contributed by atoms with Gasteiger partial charge in [-0.3, -0.25) is 9.59 Å².